The van der Waals surface area contributed by atoms with Crippen LogP contribution in [0.15, 0.2) is 0 Å². The van der Waals surface area contributed by atoms with Crippen molar-refractivity contribution in [2.24, 2.45) is 0 Å². The predicted molar refractivity (Wildman–Crippen MR) is 62.8 cm³/mol. The van der Waals surface area contributed by atoms with Crippen LogP contribution < -0.4 is 14.6 Å². The summed E-state index contributed by atoms with van der Waals surface area (Å²) >= 11 is 0. The Balaban J connectivity index is 3.08. The maximum Gasteiger partial charge on any atom is 0.342 e. The van der Waals surface area contributed by atoms with Gasteiger partial charge in [-0.05, 0) is 0 Å². The Hall–Kier alpha value is -1.63. The fourth-order valence-electron chi connectivity index (χ4n) is 0.940. The lowest BCUT2D eigenvalue weighted by atomic mass is 10.7. The molecule has 0 radical (unpaired) electrons. The van der Waals surface area contributed by atoms with Gasteiger partial charge in [-0.2, -0.15) is 15.0 Å². The molecule has 0 amide bonds. The summed E-state index contributed by atoms with van der Waals surface area (Å²) in [6.45, 7) is 0. The van der Waals surface area contributed by atoms with Gasteiger partial charge in [-0.25, -0.2) is 0 Å². The minimum atomic E-state index is 0.285. The summed E-state index contributed by atoms with van der Waals surface area (Å²) in [7, 11) is 11.0. The minimum absolute atomic E-state index is 0.285. The molecule has 0 fully saturated rings. The number of nitrogens with zero attached hydrogens (tertiary/aromatic N) is 6. The second kappa shape index (κ2) is 4.93. The molecule has 90 valence electrons. The van der Waals surface area contributed by atoms with Gasteiger partial charge in [-0.1, -0.05) is 0 Å². The molecule has 0 saturated heterocycles. The number of aromatic nitrogens is 3. The minimum Gasteiger partial charge on any atom is -0.366 e. The van der Waals surface area contributed by atoms with Crippen LogP contribution in [0.5, 0.6) is 6.01 Å². The van der Waals surface area contributed by atoms with Gasteiger partial charge in [0.1, 0.15) is 0 Å². The fourth-order valence-corrected chi connectivity index (χ4v) is 0.940. The zero-order chi connectivity index (χ0) is 12.3. The van der Waals surface area contributed by atoms with Crippen LogP contribution in [0.25, 0.3) is 0 Å². The van der Waals surface area contributed by atoms with Crippen LogP contribution in [0.1, 0.15) is 0 Å². The van der Waals surface area contributed by atoms with Gasteiger partial charge in [-0.3, -0.25) is 0 Å². The molecular formula is C9H18N6O. The predicted octanol–water partition coefficient (Wildman–Crippen LogP) is -0.141. The van der Waals surface area contributed by atoms with Crippen LogP contribution in [-0.4, -0.2) is 62.3 Å². The summed E-state index contributed by atoms with van der Waals surface area (Å²) in [5.74, 6) is 1.13. The molecule has 0 aliphatic carbocycles. The van der Waals surface area contributed by atoms with Crippen LogP contribution in [-0.2, 0) is 0 Å². The summed E-state index contributed by atoms with van der Waals surface area (Å²) in [5.41, 5.74) is 0. The first-order valence-corrected chi connectivity index (χ1v) is 4.86. The highest BCUT2D eigenvalue weighted by Gasteiger charge is 2.11. The Morgan fingerprint density at radius 1 is 0.750 bits per heavy atom. The van der Waals surface area contributed by atoms with Gasteiger partial charge >= 0.3 is 6.01 Å². The topological polar surface area (TPSA) is 57.6 Å². The normalized spacial score (nSPS) is 10.4. The Kier molecular flexibility index (Phi) is 3.83. The van der Waals surface area contributed by atoms with Crippen molar-refractivity contribution in [3.05, 3.63) is 0 Å². The van der Waals surface area contributed by atoms with Gasteiger partial charge in [0.2, 0.25) is 11.9 Å². The third-order valence-electron chi connectivity index (χ3n) is 1.66. The van der Waals surface area contributed by atoms with Gasteiger partial charge in [-0.15, -0.1) is 5.06 Å². The molecule has 1 heterocycles. The summed E-state index contributed by atoms with van der Waals surface area (Å²) in [6.07, 6.45) is 0. The highest BCUT2D eigenvalue weighted by Crippen LogP contribution is 2.14. The quantitative estimate of drug-likeness (QED) is 0.662. The van der Waals surface area contributed by atoms with E-state index in [-0.39, 0.29) is 6.01 Å². The van der Waals surface area contributed by atoms with E-state index in [4.69, 9.17) is 4.84 Å². The molecule has 0 atom stereocenters. The number of anilines is 2. The number of hydrogen-bond acceptors (Lipinski definition) is 7. The largest absolute Gasteiger partial charge is 0.366 e. The van der Waals surface area contributed by atoms with Crippen molar-refractivity contribution in [1.82, 2.24) is 20.0 Å². The summed E-state index contributed by atoms with van der Waals surface area (Å²) in [6, 6.07) is 0.285. The van der Waals surface area contributed by atoms with E-state index in [9.17, 15) is 0 Å². The molecule has 0 spiro atoms. The van der Waals surface area contributed by atoms with Crippen LogP contribution in [0.2, 0.25) is 0 Å². The molecular weight excluding hydrogens is 208 g/mol. The van der Waals surface area contributed by atoms with Gasteiger partial charge in [0.25, 0.3) is 0 Å². The molecule has 1 aromatic rings. The van der Waals surface area contributed by atoms with Gasteiger partial charge in [0.05, 0.1) is 0 Å². The van der Waals surface area contributed by atoms with E-state index in [1.165, 1.54) is 5.06 Å². The average molecular weight is 226 g/mol. The molecule has 0 saturated carbocycles. The number of hydrogen-bond donors (Lipinski definition) is 0. The standard InChI is InChI=1S/C9H18N6O/c1-13(2)7-10-8(14(3)4)12-9(11-7)16-15(5)6/h1-6H3. The molecule has 0 unspecified atom stereocenters. The van der Waals surface area contributed by atoms with Gasteiger partial charge < -0.3 is 14.6 Å². The van der Waals surface area contributed by atoms with Crippen molar-refractivity contribution in [2.45, 2.75) is 0 Å². The monoisotopic (exact) mass is 226 g/mol. The Morgan fingerprint density at radius 3 is 1.50 bits per heavy atom. The van der Waals surface area contributed by atoms with E-state index in [0.717, 1.165) is 0 Å². The SMILES string of the molecule is CN(C)Oc1nc(N(C)C)nc(N(C)C)n1. The molecule has 0 N–H and O–H groups in total. The van der Waals surface area contributed by atoms with Crippen LogP contribution >= 0.6 is 0 Å². The van der Waals surface area contributed by atoms with Crippen LogP contribution in [0.3, 0.4) is 0 Å². The highest BCUT2D eigenvalue weighted by atomic mass is 16.7. The second-order valence-electron chi connectivity index (χ2n) is 3.91. The van der Waals surface area contributed by atoms with Crippen LogP contribution in [0, 0.1) is 0 Å². The lowest BCUT2D eigenvalue weighted by Crippen LogP contribution is -2.22. The van der Waals surface area contributed by atoms with Crippen molar-refractivity contribution in [3.8, 4) is 6.01 Å². The van der Waals surface area contributed by atoms with E-state index < -0.39 is 0 Å². The maximum absolute atomic E-state index is 5.31. The molecule has 0 aliphatic rings. The summed E-state index contributed by atoms with van der Waals surface area (Å²) in [5, 5.41) is 1.54. The second-order valence-corrected chi connectivity index (χ2v) is 3.91. The summed E-state index contributed by atoms with van der Waals surface area (Å²) in [4.78, 5) is 21.5. The molecule has 16 heavy (non-hydrogen) atoms. The molecule has 0 aromatic carbocycles. The lowest BCUT2D eigenvalue weighted by Gasteiger charge is -2.17. The maximum atomic E-state index is 5.31. The molecule has 0 aliphatic heterocycles. The number of rotatable bonds is 4. The molecule has 7 nitrogen and oxygen atoms in total. The van der Waals surface area contributed by atoms with E-state index in [0.29, 0.717) is 11.9 Å². The van der Waals surface area contributed by atoms with E-state index in [1.807, 2.05) is 28.2 Å². The number of hydroxylamine groups is 2. The van der Waals surface area contributed by atoms with Crippen molar-refractivity contribution in [3.63, 3.8) is 0 Å². The fraction of sp³-hybridized carbons (Fsp3) is 0.667. The average Bonchev–Trinajstić information content (AvgIpc) is 2.15. The third kappa shape index (κ3) is 3.20. The van der Waals surface area contributed by atoms with E-state index in [1.54, 1.807) is 23.9 Å². The molecule has 7 heteroatoms. The van der Waals surface area contributed by atoms with Gasteiger partial charge in [0, 0.05) is 42.3 Å². The Labute approximate surface area is 95.6 Å². The first-order valence-electron chi connectivity index (χ1n) is 4.86. The van der Waals surface area contributed by atoms with E-state index in [2.05, 4.69) is 15.0 Å². The molecule has 1 aromatic heterocycles. The highest BCUT2D eigenvalue weighted by molar-refractivity contribution is 5.37. The van der Waals surface area contributed by atoms with Crippen molar-refractivity contribution >= 4 is 11.9 Å². The third-order valence-corrected chi connectivity index (χ3v) is 1.66. The zero-order valence-electron chi connectivity index (χ0n) is 10.6. The Morgan fingerprint density at radius 2 is 1.19 bits per heavy atom. The molecule has 1 rings (SSSR count). The van der Waals surface area contributed by atoms with E-state index >= 15 is 0 Å². The summed E-state index contributed by atoms with van der Waals surface area (Å²) < 4.78 is 0. The smallest absolute Gasteiger partial charge is 0.342 e. The van der Waals surface area contributed by atoms with Crippen molar-refractivity contribution in [2.75, 3.05) is 52.1 Å². The van der Waals surface area contributed by atoms with Gasteiger partial charge in [0.15, 0.2) is 0 Å². The van der Waals surface area contributed by atoms with Crippen LogP contribution in [0.4, 0.5) is 11.9 Å². The first-order chi connectivity index (χ1) is 7.40. The zero-order valence-corrected chi connectivity index (χ0v) is 10.6. The Bertz CT molecular complexity index is 326. The first kappa shape index (κ1) is 12.4. The van der Waals surface area contributed by atoms with Crippen molar-refractivity contribution in [1.29, 1.82) is 0 Å². The molecule has 0 bridgehead atoms. The van der Waals surface area contributed by atoms with Crippen molar-refractivity contribution < 1.29 is 4.84 Å². The lowest BCUT2D eigenvalue weighted by molar-refractivity contribution is -0.0137.